The molecule has 1 heterocycles. The lowest BCUT2D eigenvalue weighted by molar-refractivity contribution is -0.0337. The molecule has 0 aromatic rings. The first-order valence-corrected chi connectivity index (χ1v) is 5.83. The lowest BCUT2D eigenvalue weighted by atomic mass is 9.72. The molecule has 0 bridgehead atoms. The standard InChI is InChI=1S/C12H23F2N/c1-10(2)11(3)5-7-15(8-6-11)9-12(4,13)14/h10H,5-9H2,1-4H3. The largest absolute Gasteiger partial charge is 0.297 e. The molecule has 0 unspecified atom stereocenters. The second-order valence-corrected chi connectivity index (χ2v) is 5.66. The zero-order valence-electron chi connectivity index (χ0n) is 10.3. The molecule has 0 spiro atoms. The van der Waals surface area contributed by atoms with Gasteiger partial charge in [-0.2, -0.15) is 0 Å². The fraction of sp³-hybridized carbons (Fsp3) is 1.00. The maximum atomic E-state index is 12.8. The molecule has 1 saturated heterocycles. The summed E-state index contributed by atoms with van der Waals surface area (Å²) in [6.45, 7) is 9.29. The molecule has 1 fully saturated rings. The number of rotatable bonds is 3. The van der Waals surface area contributed by atoms with Gasteiger partial charge in [0.15, 0.2) is 0 Å². The van der Waals surface area contributed by atoms with E-state index in [-0.39, 0.29) is 6.54 Å². The molecule has 90 valence electrons. The van der Waals surface area contributed by atoms with Crippen LogP contribution in [0.15, 0.2) is 0 Å². The van der Waals surface area contributed by atoms with Crippen molar-refractivity contribution >= 4 is 0 Å². The smallest absolute Gasteiger partial charge is 0.257 e. The van der Waals surface area contributed by atoms with E-state index in [2.05, 4.69) is 20.8 Å². The maximum Gasteiger partial charge on any atom is 0.257 e. The van der Waals surface area contributed by atoms with Gasteiger partial charge in [0.25, 0.3) is 5.92 Å². The fourth-order valence-corrected chi connectivity index (χ4v) is 2.19. The monoisotopic (exact) mass is 219 g/mol. The van der Waals surface area contributed by atoms with Gasteiger partial charge in [0, 0.05) is 6.92 Å². The van der Waals surface area contributed by atoms with Gasteiger partial charge in [-0.15, -0.1) is 0 Å². The Bertz CT molecular complexity index is 200. The van der Waals surface area contributed by atoms with Gasteiger partial charge >= 0.3 is 0 Å². The second kappa shape index (κ2) is 4.36. The van der Waals surface area contributed by atoms with E-state index >= 15 is 0 Å². The van der Waals surface area contributed by atoms with Crippen LogP contribution < -0.4 is 0 Å². The van der Waals surface area contributed by atoms with Crippen LogP contribution in [0.1, 0.15) is 40.5 Å². The molecule has 15 heavy (non-hydrogen) atoms. The van der Waals surface area contributed by atoms with Crippen molar-refractivity contribution in [3.8, 4) is 0 Å². The van der Waals surface area contributed by atoms with Crippen LogP contribution in [0.3, 0.4) is 0 Å². The third kappa shape index (κ3) is 3.71. The summed E-state index contributed by atoms with van der Waals surface area (Å²) in [5, 5.41) is 0. The molecule has 0 atom stereocenters. The average molecular weight is 219 g/mol. The highest BCUT2D eigenvalue weighted by molar-refractivity contribution is 4.85. The Labute approximate surface area is 91.8 Å². The number of likely N-dealkylation sites (tertiary alicyclic amines) is 1. The third-order valence-corrected chi connectivity index (χ3v) is 3.89. The molecule has 1 rings (SSSR count). The van der Waals surface area contributed by atoms with E-state index < -0.39 is 5.92 Å². The Kier molecular flexibility index (Phi) is 3.75. The van der Waals surface area contributed by atoms with Gasteiger partial charge in [0.2, 0.25) is 0 Å². The van der Waals surface area contributed by atoms with Gasteiger partial charge in [-0.3, -0.25) is 4.90 Å². The van der Waals surface area contributed by atoms with Crippen molar-refractivity contribution in [1.29, 1.82) is 0 Å². The quantitative estimate of drug-likeness (QED) is 0.703. The Morgan fingerprint density at radius 2 is 1.73 bits per heavy atom. The summed E-state index contributed by atoms with van der Waals surface area (Å²) >= 11 is 0. The Morgan fingerprint density at radius 1 is 1.27 bits per heavy atom. The highest BCUT2D eigenvalue weighted by Gasteiger charge is 2.35. The number of nitrogens with zero attached hydrogens (tertiary/aromatic N) is 1. The first-order valence-electron chi connectivity index (χ1n) is 5.83. The van der Waals surface area contributed by atoms with E-state index in [1.807, 2.05) is 4.90 Å². The van der Waals surface area contributed by atoms with Crippen LogP contribution in [0.25, 0.3) is 0 Å². The zero-order valence-corrected chi connectivity index (χ0v) is 10.3. The van der Waals surface area contributed by atoms with Crippen LogP contribution in [-0.4, -0.2) is 30.5 Å². The van der Waals surface area contributed by atoms with E-state index in [0.717, 1.165) is 32.9 Å². The van der Waals surface area contributed by atoms with Crippen LogP contribution in [0, 0.1) is 11.3 Å². The van der Waals surface area contributed by atoms with Gasteiger partial charge in [-0.25, -0.2) is 8.78 Å². The molecule has 1 nitrogen and oxygen atoms in total. The Balaban J connectivity index is 2.43. The summed E-state index contributed by atoms with van der Waals surface area (Å²) in [7, 11) is 0. The van der Waals surface area contributed by atoms with Crippen LogP contribution in [0.2, 0.25) is 0 Å². The van der Waals surface area contributed by atoms with Crippen LogP contribution in [0.5, 0.6) is 0 Å². The predicted molar refractivity (Wildman–Crippen MR) is 59.2 cm³/mol. The fourth-order valence-electron chi connectivity index (χ4n) is 2.19. The Hall–Kier alpha value is -0.180. The molecule has 0 saturated carbocycles. The molecule has 3 heteroatoms. The summed E-state index contributed by atoms with van der Waals surface area (Å²) in [5.74, 6) is -1.91. The molecule has 1 aliphatic heterocycles. The maximum absolute atomic E-state index is 12.8. The number of halogens is 2. The van der Waals surface area contributed by atoms with E-state index in [1.165, 1.54) is 0 Å². The number of alkyl halides is 2. The number of hydrogen-bond acceptors (Lipinski definition) is 1. The van der Waals surface area contributed by atoms with E-state index in [9.17, 15) is 8.78 Å². The summed E-state index contributed by atoms with van der Waals surface area (Å²) in [5.41, 5.74) is 0.347. The molecule has 0 aliphatic carbocycles. The van der Waals surface area contributed by atoms with Gasteiger partial charge in [-0.1, -0.05) is 20.8 Å². The molecule has 0 aromatic carbocycles. The molecule has 0 aromatic heterocycles. The minimum Gasteiger partial charge on any atom is -0.297 e. The molecule has 1 aliphatic rings. The normalized spacial score (nSPS) is 23.4. The van der Waals surface area contributed by atoms with Gasteiger partial charge in [0.05, 0.1) is 6.54 Å². The first-order chi connectivity index (χ1) is 6.73. The topological polar surface area (TPSA) is 3.24 Å². The van der Waals surface area contributed by atoms with Gasteiger partial charge in [-0.05, 0) is 37.3 Å². The summed E-state index contributed by atoms with van der Waals surface area (Å²) in [4.78, 5) is 1.89. The van der Waals surface area contributed by atoms with Crippen LogP contribution >= 0.6 is 0 Å². The van der Waals surface area contributed by atoms with Crippen molar-refractivity contribution < 1.29 is 8.78 Å². The lowest BCUT2D eigenvalue weighted by Crippen LogP contribution is -2.45. The second-order valence-electron chi connectivity index (χ2n) is 5.66. The van der Waals surface area contributed by atoms with Crippen LogP contribution in [-0.2, 0) is 0 Å². The minimum atomic E-state index is -2.55. The minimum absolute atomic E-state index is 0.0822. The summed E-state index contributed by atoms with van der Waals surface area (Å²) in [6, 6.07) is 0. The van der Waals surface area contributed by atoms with Gasteiger partial charge < -0.3 is 0 Å². The number of piperidine rings is 1. The first kappa shape index (κ1) is 12.9. The van der Waals surface area contributed by atoms with Crippen molar-refractivity contribution in [3.05, 3.63) is 0 Å². The summed E-state index contributed by atoms with van der Waals surface area (Å²) in [6.07, 6.45) is 2.08. The third-order valence-electron chi connectivity index (χ3n) is 3.89. The summed E-state index contributed by atoms with van der Waals surface area (Å²) < 4.78 is 25.6. The molecular formula is C12H23F2N. The van der Waals surface area contributed by atoms with Crippen molar-refractivity contribution in [2.75, 3.05) is 19.6 Å². The van der Waals surface area contributed by atoms with E-state index in [1.54, 1.807) is 0 Å². The van der Waals surface area contributed by atoms with E-state index in [4.69, 9.17) is 0 Å². The lowest BCUT2D eigenvalue weighted by Gasteiger charge is -2.42. The average Bonchev–Trinajstić information content (AvgIpc) is 2.07. The van der Waals surface area contributed by atoms with Crippen LogP contribution in [0.4, 0.5) is 8.78 Å². The van der Waals surface area contributed by atoms with Gasteiger partial charge in [0.1, 0.15) is 0 Å². The van der Waals surface area contributed by atoms with Crippen molar-refractivity contribution in [1.82, 2.24) is 4.90 Å². The highest BCUT2D eigenvalue weighted by Crippen LogP contribution is 2.38. The van der Waals surface area contributed by atoms with Crippen molar-refractivity contribution in [2.24, 2.45) is 11.3 Å². The molecule has 0 N–H and O–H groups in total. The molecule has 0 amide bonds. The highest BCUT2D eigenvalue weighted by atomic mass is 19.3. The van der Waals surface area contributed by atoms with E-state index in [0.29, 0.717) is 11.3 Å². The Morgan fingerprint density at radius 3 is 2.07 bits per heavy atom. The molecule has 0 radical (unpaired) electrons. The SMILES string of the molecule is CC(C)C1(C)CCN(CC(C)(F)F)CC1. The van der Waals surface area contributed by atoms with Crippen molar-refractivity contribution in [2.45, 2.75) is 46.5 Å². The predicted octanol–water partition coefficient (Wildman–Crippen LogP) is 3.40. The van der Waals surface area contributed by atoms with Crippen molar-refractivity contribution in [3.63, 3.8) is 0 Å². The number of hydrogen-bond donors (Lipinski definition) is 0. The zero-order chi connectivity index (χ0) is 11.7. The molecular weight excluding hydrogens is 196 g/mol.